The largest absolute Gasteiger partial charge is 0.350 e. The summed E-state index contributed by atoms with van der Waals surface area (Å²) in [4.78, 5) is 57.1. The molecule has 0 aliphatic carbocycles. The van der Waals surface area contributed by atoms with E-state index >= 15 is 0 Å². The van der Waals surface area contributed by atoms with E-state index in [1.54, 1.807) is 0 Å². The van der Waals surface area contributed by atoms with Gasteiger partial charge in [0.05, 0.1) is 0 Å². The summed E-state index contributed by atoms with van der Waals surface area (Å²) in [7, 11) is 1.86. The van der Waals surface area contributed by atoms with Crippen molar-refractivity contribution in [2.75, 3.05) is 0 Å². The summed E-state index contributed by atoms with van der Waals surface area (Å²) in [6.45, 7) is 0. The van der Waals surface area contributed by atoms with Crippen molar-refractivity contribution in [1.82, 2.24) is 24.5 Å². The highest BCUT2D eigenvalue weighted by atomic mass is 16.2. The van der Waals surface area contributed by atoms with E-state index in [0.29, 0.717) is 5.56 Å². The highest BCUT2D eigenvalue weighted by Gasteiger charge is 2.26. The van der Waals surface area contributed by atoms with E-state index in [0.717, 1.165) is 10.9 Å². The fourth-order valence-corrected chi connectivity index (χ4v) is 3.37. The molecule has 27 heavy (non-hydrogen) atoms. The van der Waals surface area contributed by atoms with Crippen LogP contribution in [0.4, 0.5) is 0 Å². The highest BCUT2D eigenvalue weighted by Crippen LogP contribution is 2.33. The second-order valence-electron chi connectivity index (χ2n) is 6.20. The van der Waals surface area contributed by atoms with Crippen molar-refractivity contribution in [1.29, 1.82) is 0 Å². The molecule has 0 atom stereocenters. The molecular weight excluding hydrogens is 350 g/mol. The zero-order valence-electron chi connectivity index (χ0n) is 14.2. The molecule has 1 aromatic carbocycles. The van der Waals surface area contributed by atoms with Crippen LogP contribution in [0.25, 0.3) is 10.9 Å². The summed E-state index contributed by atoms with van der Waals surface area (Å²) >= 11 is 0. The number of aryl methyl sites for hydroxylation is 1. The zero-order chi connectivity index (χ0) is 19.1. The van der Waals surface area contributed by atoms with E-state index in [1.807, 2.05) is 42.1 Å². The van der Waals surface area contributed by atoms with Crippen LogP contribution < -0.4 is 22.5 Å². The number of benzene rings is 1. The Bertz CT molecular complexity index is 1320. The Hall–Kier alpha value is -3.88. The molecular formula is C18H15N5O4. The smallest absolute Gasteiger partial charge is 0.325 e. The van der Waals surface area contributed by atoms with Crippen molar-refractivity contribution in [3.8, 4) is 0 Å². The number of hydrogen-bond acceptors (Lipinski definition) is 4. The van der Waals surface area contributed by atoms with Crippen LogP contribution in [0, 0.1) is 0 Å². The maximum atomic E-state index is 12.5. The maximum Gasteiger partial charge on any atom is 0.325 e. The number of aromatic amines is 4. The van der Waals surface area contributed by atoms with Crippen LogP contribution in [0.15, 0.2) is 62.0 Å². The van der Waals surface area contributed by atoms with Gasteiger partial charge >= 0.3 is 11.4 Å². The van der Waals surface area contributed by atoms with E-state index in [1.165, 1.54) is 12.4 Å². The molecule has 4 aromatic rings. The Morgan fingerprint density at radius 3 is 1.93 bits per heavy atom. The van der Waals surface area contributed by atoms with Gasteiger partial charge in [0.1, 0.15) is 0 Å². The molecule has 4 N–H and O–H groups in total. The Morgan fingerprint density at radius 2 is 1.37 bits per heavy atom. The fourth-order valence-electron chi connectivity index (χ4n) is 3.37. The molecule has 0 aliphatic rings. The van der Waals surface area contributed by atoms with E-state index in [4.69, 9.17) is 0 Å². The predicted octanol–water partition coefficient (Wildman–Crippen LogP) is 0.112. The zero-order valence-corrected chi connectivity index (χ0v) is 14.2. The first-order valence-electron chi connectivity index (χ1n) is 8.13. The predicted molar refractivity (Wildman–Crippen MR) is 99.2 cm³/mol. The van der Waals surface area contributed by atoms with Crippen LogP contribution >= 0.6 is 0 Å². The van der Waals surface area contributed by atoms with Crippen molar-refractivity contribution in [3.05, 3.63) is 101 Å². The first kappa shape index (κ1) is 16.6. The van der Waals surface area contributed by atoms with Crippen LogP contribution in [0.2, 0.25) is 0 Å². The lowest BCUT2D eigenvalue weighted by Gasteiger charge is -2.15. The summed E-state index contributed by atoms with van der Waals surface area (Å²) < 4.78 is 1.89. The van der Waals surface area contributed by atoms with Gasteiger partial charge in [-0.05, 0) is 11.6 Å². The molecule has 0 saturated heterocycles. The molecule has 0 unspecified atom stereocenters. The first-order valence-corrected chi connectivity index (χ1v) is 8.13. The lowest BCUT2D eigenvalue weighted by molar-refractivity contribution is 0.853. The van der Waals surface area contributed by atoms with Gasteiger partial charge < -0.3 is 14.5 Å². The molecule has 136 valence electrons. The monoisotopic (exact) mass is 365 g/mol. The van der Waals surface area contributed by atoms with Gasteiger partial charge in [0, 0.05) is 53.6 Å². The van der Waals surface area contributed by atoms with E-state index in [-0.39, 0.29) is 11.1 Å². The molecule has 0 aliphatic heterocycles. The average molecular weight is 365 g/mol. The van der Waals surface area contributed by atoms with Crippen LogP contribution in [-0.4, -0.2) is 24.5 Å². The third kappa shape index (κ3) is 2.74. The van der Waals surface area contributed by atoms with Crippen LogP contribution in [-0.2, 0) is 7.05 Å². The van der Waals surface area contributed by atoms with Gasteiger partial charge in [0.2, 0.25) is 0 Å². The third-order valence-electron chi connectivity index (χ3n) is 4.56. The van der Waals surface area contributed by atoms with Gasteiger partial charge in [-0.25, -0.2) is 9.59 Å². The van der Waals surface area contributed by atoms with E-state index < -0.39 is 28.4 Å². The summed E-state index contributed by atoms with van der Waals surface area (Å²) in [5.41, 5.74) is -0.523. The molecule has 0 bridgehead atoms. The molecule has 9 heteroatoms. The van der Waals surface area contributed by atoms with E-state index in [9.17, 15) is 19.2 Å². The Labute approximate surface area is 150 Å². The molecule has 0 radical (unpaired) electrons. The van der Waals surface area contributed by atoms with Crippen molar-refractivity contribution in [3.63, 3.8) is 0 Å². The lowest BCUT2D eigenvalue weighted by atomic mass is 9.87. The van der Waals surface area contributed by atoms with Gasteiger partial charge in [0.15, 0.2) is 0 Å². The molecule has 9 nitrogen and oxygen atoms in total. The summed E-state index contributed by atoms with van der Waals surface area (Å²) in [6.07, 6.45) is 4.40. The summed E-state index contributed by atoms with van der Waals surface area (Å²) in [5, 5.41) is 0.848. The lowest BCUT2D eigenvalue weighted by Crippen LogP contribution is -2.31. The maximum absolute atomic E-state index is 12.5. The Morgan fingerprint density at radius 1 is 0.815 bits per heavy atom. The minimum atomic E-state index is -0.794. The number of nitrogens with one attached hydrogen (secondary N) is 4. The second kappa shape index (κ2) is 6.13. The van der Waals surface area contributed by atoms with Crippen molar-refractivity contribution >= 4 is 10.9 Å². The first-order chi connectivity index (χ1) is 13.0. The molecule has 3 heterocycles. The third-order valence-corrected chi connectivity index (χ3v) is 4.56. The number of fused-ring (bicyclic) bond motifs is 1. The molecule has 4 rings (SSSR count). The van der Waals surface area contributed by atoms with Gasteiger partial charge in [-0.15, -0.1) is 0 Å². The van der Waals surface area contributed by atoms with Crippen LogP contribution in [0.1, 0.15) is 22.6 Å². The van der Waals surface area contributed by atoms with Crippen LogP contribution in [0.5, 0.6) is 0 Å². The summed E-state index contributed by atoms with van der Waals surface area (Å²) in [5.74, 6) is -0.794. The fraction of sp³-hybridized carbons (Fsp3) is 0.111. The van der Waals surface area contributed by atoms with Crippen molar-refractivity contribution in [2.45, 2.75) is 5.92 Å². The van der Waals surface area contributed by atoms with Gasteiger partial charge in [-0.3, -0.25) is 19.6 Å². The molecule has 0 amide bonds. The quantitative estimate of drug-likeness (QED) is 0.410. The second-order valence-corrected chi connectivity index (χ2v) is 6.20. The molecule has 0 fully saturated rings. The normalized spacial score (nSPS) is 11.3. The van der Waals surface area contributed by atoms with Gasteiger partial charge in [-0.2, -0.15) is 0 Å². The average Bonchev–Trinajstić information content (AvgIpc) is 2.96. The van der Waals surface area contributed by atoms with E-state index in [2.05, 4.69) is 19.9 Å². The molecule has 0 saturated carbocycles. The van der Waals surface area contributed by atoms with Crippen molar-refractivity contribution in [2.24, 2.45) is 7.05 Å². The number of nitrogens with zero attached hydrogens (tertiary/aromatic N) is 1. The number of aromatic nitrogens is 5. The number of H-pyrrole nitrogens is 4. The number of para-hydroxylation sites is 1. The molecule has 0 spiro atoms. The number of rotatable bonds is 3. The number of hydrogen-bond donors (Lipinski definition) is 4. The topological polar surface area (TPSA) is 136 Å². The van der Waals surface area contributed by atoms with Crippen LogP contribution in [0.3, 0.4) is 0 Å². The standard InChI is InChI=1S/C18H15N5O4/c1-23-8-12(9-4-2-3-5-13(9)23)14(10-6-19-17(26)21-15(10)24)11-7-20-18(27)22-16(11)25/h2-8,14H,1H3,(H2,19,21,24,26)(H2,20,22,25,27). The minimum Gasteiger partial charge on any atom is -0.350 e. The highest BCUT2D eigenvalue weighted by molar-refractivity contribution is 5.85. The van der Waals surface area contributed by atoms with Gasteiger partial charge in [-0.1, -0.05) is 18.2 Å². The Kier molecular flexibility index (Phi) is 3.76. The Balaban J connectivity index is 2.10. The van der Waals surface area contributed by atoms with Crippen molar-refractivity contribution < 1.29 is 0 Å². The minimum absolute atomic E-state index is 0.184. The SMILES string of the molecule is Cn1cc(C(c2c[nH]c(=O)[nH]c2=O)c2c[nH]c(=O)[nH]c2=O)c2ccccc21. The van der Waals surface area contributed by atoms with Gasteiger partial charge in [0.25, 0.3) is 11.1 Å². The summed E-state index contributed by atoms with van der Waals surface area (Å²) in [6, 6.07) is 7.55. The molecule has 3 aromatic heterocycles.